The van der Waals surface area contributed by atoms with Crippen molar-refractivity contribution >= 4 is 46.4 Å². The van der Waals surface area contributed by atoms with Crippen LogP contribution in [0.5, 0.6) is 0 Å². The molecule has 1 aromatic carbocycles. The monoisotopic (exact) mass is 422 g/mol. The molecule has 0 amide bonds. The molecule has 2 aromatic heterocycles. The van der Waals surface area contributed by atoms with Gasteiger partial charge in [0, 0.05) is 28.9 Å². The highest BCUT2D eigenvalue weighted by molar-refractivity contribution is 8.00. The Hall–Kier alpha value is -2.56. The molecule has 2 heterocycles. The average Bonchev–Trinajstić information content (AvgIpc) is 3.15. The maximum atomic E-state index is 11.9. The van der Waals surface area contributed by atoms with Crippen LogP contribution in [0.15, 0.2) is 46.9 Å². The maximum Gasteiger partial charge on any atom is 0.316 e. The molecule has 27 heavy (non-hydrogen) atoms. The third-order valence-electron chi connectivity index (χ3n) is 3.15. The first kappa shape index (κ1) is 19.2. The number of hydrogen-bond acceptors (Lipinski definition) is 9. The second kappa shape index (κ2) is 8.89. The van der Waals surface area contributed by atoms with E-state index in [1.807, 2.05) is 0 Å². The Balaban J connectivity index is 1.54. The first-order valence-corrected chi connectivity index (χ1v) is 9.71. The summed E-state index contributed by atoms with van der Waals surface area (Å²) in [5.74, 6) is -0.0678. The Bertz CT molecular complexity index is 968. The van der Waals surface area contributed by atoms with Crippen molar-refractivity contribution in [1.82, 2.24) is 15.0 Å². The van der Waals surface area contributed by atoms with E-state index in [0.29, 0.717) is 21.4 Å². The van der Waals surface area contributed by atoms with Gasteiger partial charge >= 0.3 is 5.97 Å². The molecule has 3 rings (SSSR count). The molecule has 0 aliphatic heterocycles. The van der Waals surface area contributed by atoms with Crippen LogP contribution in [-0.2, 0) is 16.1 Å². The summed E-state index contributed by atoms with van der Waals surface area (Å²) in [4.78, 5) is 35.3. The number of esters is 1. The summed E-state index contributed by atoms with van der Waals surface area (Å²) < 4.78 is 5.17. The molecular weight excluding hydrogens is 412 g/mol. The standard InChI is InChI=1S/C16H11ClN4O4S2/c17-10-2-3-13(12(6-10)21(23)24)26-9-14(22)25-7-11-8-27-16(20-11)15-18-4-1-5-19-15/h1-6,8H,7,9H2. The van der Waals surface area contributed by atoms with Crippen LogP contribution < -0.4 is 0 Å². The topological polar surface area (TPSA) is 108 Å². The molecule has 0 saturated heterocycles. The Labute approximate surface area is 166 Å². The highest BCUT2D eigenvalue weighted by Gasteiger charge is 2.17. The van der Waals surface area contributed by atoms with E-state index < -0.39 is 10.9 Å². The zero-order chi connectivity index (χ0) is 19.2. The number of ether oxygens (including phenoxy) is 1. The van der Waals surface area contributed by atoms with E-state index in [2.05, 4.69) is 15.0 Å². The lowest BCUT2D eigenvalue weighted by atomic mass is 10.3. The van der Waals surface area contributed by atoms with Crippen LogP contribution in [0.3, 0.4) is 0 Å². The molecular formula is C16H11ClN4O4S2. The van der Waals surface area contributed by atoms with Crippen molar-refractivity contribution < 1.29 is 14.5 Å². The van der Waals surface area contributed by atoms with Crippen molar-refractivity contribution in [2.45, 2.75) is 11.5 Å². The number of thiazole rings is 1. The number of benzene rings is 1. The number of hydrogen-bond donors (Lipinski definition) is 0. The highest BCUT2D eigenvalue weighted by atomic mass is 35.5. The molecule has 11 heteroatoms. The second-order valence-electron chi connectivity index (χ2n) is 5.03. The smallest absolute Gasteiger partial charge is 0.316 e. The number of thioether (sulfide) groups is 1. The molecule has 0 fully saturated rings. The van der Waals surface area contributed by atoms with Crippen molar-refractivity contribution in [2.75, 3.05) is 5.75 Å². The molecule has 138 valence electrons. The van der Waals surface area contributed by atoms with E-state index in [1.165, 1.54) is 29.5 Å². The molecule has 0 aliphatic carbocycles. The van der Waals surface area contributed by atoms with Crippen LogP contribution in [0.4, 0.5) is 5.69 Å². The number of nitrogens with zero attached hydrogens (tertiary/aromatic N) is 4. The minimum absolute atomic E-state index is 0.00539. The van der Waals surface area contributed by atoms with Gasteiger partial charge in [0.05, 0.1) is 21.3 Å². The summed E-state index contributed by atoms with van der Waals surface area (Å²) in [6, 6.07) is 6.00. The van der Waals surface area contributed by atoms with Gasteiger partial charge < -0.3 is 4.74 Å². The van der Waals surface area contributed by atoms with E-state index in [4.69, 9.17) is 16.3 Å². The van der Waals surface area contributed by atoms with Gasteiger partial charge in [-0.15, -0.1) is 23.1 Å². The molecule has 0 unspecified atom stereocenters. The fraction of sp³-hybridized carbons (Fsp3) is 0.125. The van der Waals surface area contributed by atoms with Crippen LogP contribution in [0.1, 0.15) is 5.69 Å². The number of carbonyl (C=O) groups excluding carboxylic acids is 1. The first-order valence-electron chi connectivity index (χ1n) is 7.47. The molecule has 0 spiro atoms. The summed E-state index contributed by atoms with van der Waals surface area (Å²) in [6.07, 6.45) is 3.24. The fourth-order valence-electron chi connectivity index (χ4n) is 1.97. The van der Waals surface area contributed by atoms with Crippen LogP contribution in [0.25, 0.3) is 10.8 Å². The molecule has 3 aromatic rings. The van der Waals surface area contributed by atoms with Crippen molar-refractivity contribution in [3.63, 3.8) is 0 Å². The van der Waals surface area contributed by atoms with Gasteiger partial charge in [-0.05, 0) is 18.2 Å². The largest absolute Gasteiger partial charge is 0.459 e. The fourth-order valence-corrected chi connectivity index (χ4v) is 3.69. The predicted octanol–water partition coefficient (Wildman–Crippen LogP) is 4.00. The normalized spacial score (nSPS) is 10.6. The molecule has 0 saturated carbocycles. The van der Waals surface area contributed by atoms with Crippen LogP contribution in [0, 0.1) is 10.1 Å². The molecule has 8 nitrogen and oxygen atoms in total. The third-order valence-corrected chi connectivity index (χ3v) is 5.31. The lowest BCUT2D eigenvalue weighted by Gasteiger charge is -2.04. The zero-order valence-electron chi connectivity index (χ0n) is 13.6. The van der Waals surface area contributed by atoms with E-state index in [9.17, 15) is 14.9 Å². The minimum atomic E-state index is -0.540. The summed E-state index contributed by atoms with van der Waals surface area (Å²) in [5.41, 5.74) is 0.436. The van der Waals surface area contributed by atoms with Crippen molar-refractivity contribution in [3.05, 3.63) is 62.9 Å². The van der Waals surface area contributed by atoms with Crippen molar-refractivity contribution in [3.8, 4) is 10.8 Å². The first-order chi connectivity index (χ1) is 13.0. The van der Waals surface area contributed by atoms with E-state index in [1.54, 1.807) is 23.8 Å². The summed E-state index contributed by atoms with van der Waals surface area (Å²) in [7, 11) is 0. The van der Waals surface area contributed by atoms with Gasteiger partial charge in [-0.3, -0.25) is 14.9 Å². The zero-order valence-corrected chi connectivity index (χ0v) is 16.0. The molecule has 0 atom stereocenters. The Kier molecular flexibility index (Phi) is 6.32. The van der Waals surface area contributed by atoms with Crippen molar-refractivity contribution in [1.29, 1.82) is 0 Å². The maximum absolute atomic E-state index is 11.9. The molecule has 0 bridgehead atoms. The number of halogens is 1. The third kappa shape index (κ3) is 5.22. The lowest BCUT2D eigenvalue weighted by Crippen LogP contribution is -2.07. The van der Waals surface area contributed by atoms with Gasteiger partial charge in [0.1, 0.15) is 6.61 Å². The lowest BCUT2D eigenvalue weighted by molar-refractivity contribution is -0.387. The number of aromatic nitrogens is 3. The van der Waals surface area contributed by atoms with E-state index >= 15 is 0 Å². The Morgan fingerprint density at radius 1 is 1.33 bits per heavy atom. The summed E-state index contributed by atoms with van der Waals surface area (Å²) in [5, 5.41) is 13.7. The van der Waals surface area contributed by atoms with E-state index in [-0.39, 0.29) is 23.1 Å². The number of nitro groups is 1. The quantitative estimate of drug-likeness (QED) is 0.243. The summed E-state index contributed by atoms with van der Waals surface area (Å²) in [6.45, 7) is 0.00539. The Morgan fingerprint density at radius 3 is 2.85 bits per heavy atom. The predicted molar refractivity (Wildman–Crippen MR) is 102 cm³/mol. The number of nitro benzene ring substituents is 1. The molecule has 0 radical (unpaired) electrons. The van der Waals surface area contributed by atoms with Crippen LogP contribution in [0.2, 0.25) is 5.02 Å². The number of rotatable bonds is 7. The van der Waals surface area contributed by atoms with Gasteiger partial charge in [0.25, 0.3) is 5.69 Å². The number of carbonyl (C=O) groups is 1. The minimum Gasteiger partial charge on any atom is -0.459 e. The van der Waals surface area contributed by atoms with Gasteiger partial charge in [-0.1, -0.05) is 11.6 Å². The molecule has 0 N–H and O–H groups in total. The summed E-state index contributed by atoms with van der Waals surface area (Å²) >= 11 is 8.13. The van der Waals surface area contributed by atoms with Gasteiger partial charge in [0.15, 0.2) is 10.8 Å². The van der Waals surface area contributed by atoms with E-state index in [0.717, 1.165) is 11.8 Å². The van der Waals surface area contributed by atoms with Crippen LogP contribution in [-0.4, -0.2) is 31.6 Å². The van der Waals surface area contributed by atoms with Gasteiger partial charge in [-0.25, -0.2) is 15.0 Å². The Morgan fingerprint density at radius 2 is 2.11 bits per heavy atom. The highest BCUT2D eigenvalue weighted by Crippen LogP contribution is 2.31. The van der Waals surface area contributed by atoms with Gasteiger partial charge in [0.2, 0.25) is 0 Å². The van der Waals surface area contributed by atoms with Crippen LogP contribution >= 0.6 is 34.7 Å². The average molecular weight is 423 g/mol. The van der Waals surface area contributed by atoms with Gasteiger partial charge in [-0.2, -0.15) is 0 Å². The second-order valence-corrected chi connectivity index (χ2v) is 7.35. The van der Waals surface area contributed by atoms with Crippen molar-refractivity contribution in [2.24, 2.45) is 0 Å². The molecule has 0 aliphatic rings. The SMILES string of the molecule is O=C(CSc1ccc(Cl)cc1[N+](=O)[O-])OCc1csc(-c2ncccn2)n1.